The first kappa shape index (κ1) is 13.0. The zero-order chi connectivity index (χ0) is 11.1. The molecule has 1 heteroatoms. The standard InChI is InChI=1S/C14H29N/c1-4-10-15-14(5-2)12(3)11-13-8-6-7-9-13/h12-15H,4-11H2,1-3H3. The molecule has 1 N–H and O–H groups in total. The summed E-state index contributed by atoms with van der Waals surface area (Å²) >= 11 is 0. The molecule has 15 heavy (non-hydrogen) atoms. The number of rotatable bonds is 7. The highest BCUT2D eigenvalue weighted by Gasteiger charge is 2.21. The van der Waals surface area contributed by atoms with Gasteiger partial charge in [0.05, 0.1) is 0 Å². The van der Waals surface area contributed by atoms with E-state index in [1.165, 1.54) is 51.5 Å². The van der Waals surface area contributed by atoms with E-state index in [-0.39, 0.29) is 0 Å². The van der Waals surface area contributed by atoms with Gasteiger partial charge in [-0.1, -0.05) is 46.5 Å². The van der Waals surface area contributed by atoms with Crippen LogP contribution in [0.4, 0.5) is 0 Å². The molecule has 1 rings (SSSR count). The first-order valence-corrected chi connectivity index (χ1v) is 7.01. The van der Waals surface area contributed by atoms with Crippen molar-refractivity contribution in [3.05, 3.63) is 0 Å². The largest absolute Gasteiger partial charge is 0.314 e. The molecule has 0 aliphatic heterocycles. The number of nitrogens with one attached hydrogen (secondary N) is 1. The lowest BCUT2D eigenvalue weighted by Gasteiger charge is -2.26. The van der Waals surface area contributed by atoms with E-state index < -0.39 is 0 Å². The van der Waals surface area contributed by atoms with Gasteiger partial charge in [0.2, 0.25) is 0 Å². The molecule has 2 unspecified atom stereocenters. The first-order valence-electron chi connectivity index (χ1n) is 7.01. The van der Waals surface area contributed by atoms with Crippen molar-refractivity contribution in [1.29, 1.82) is 0 Å². The van der Waals surface area contributed by atoms with Crippen LogP contribution in [0.5, 0.6) is 0 Å². The fourth-order valence-electron chi connectivity index (χ4n) is 3.01. The van der Waals surface area contributed by atoms with Crippen LogP contribution < -0.4 is 5.32 Å². The van der Waals surface area contributed by atoms with Crippen LogP contribution in [0.1, 0.15) is 65.7 Å². The lowest BCUT2D eigenvalue weighted by Crippen LogP contribution is -2.35. The summed E-state index contributed by atoms with van der Waals surface area (Å²) < 4.78 is 0. The summed E-state index contributed by atoms with van der Waals surface area (Å²) in [5.74, 6) is 1.90. The summed E-state index contributed by atoms with van der Waals surface area (Å²) in [6.45, 7) is 8.20. The van der Waals surface area contributed by atoms with E-state index in [1.807, 2.05) is 0 Å². The summed E-state index contributed by atoms with van der Waals surface area (Å²) in [5, 5.41) is 3.69. The predicted octanol–water partition coefficient (Wildman–Crippen LogP) is 3.98. The molecule has 0 aromatic heterocycles. The summed E-state index contributed by atoms with van der Waals surface area (Å²) in [6, 6.07) is 0.755. The number of hydrogen-bond acceptors (Lipinski definition) is 1. The van der Waals surface area contributed by atoms with Crippen molar-refractivity contribution in [3.63, 3.8) is 0 Å². The van der Waals surface area contributed by atoms with Gasteiger partial charge in [0.25, 0.3) is 0 Å². The molecule has 1 aliphatic rings. The Morgan fingerprint density at radius 3 is 2.40 bits per heavy atom. The van der Waals surface area contributed by atoms with Crippen LogP contribution in [-0.2, 0) is 0 Å². The molecule has 2 atom stereocenters. The highest BCUT2D eigenvalue weighted by molar-refractivity contribution is 4.77. The molecule has 90 valence electrons. The van der Waals surface area contributed by atoms with Crippen LogP contribution in [0.25, 0.3) is 0 Å². The van der Waals surface area contributed by atoms with Gasteiger partial charge in [0.1, 0.15) is 0 Å². The van der Waals surface area contributed by atoms with Crippen LogP contribution in [-0.4, -0.2) is 12.6 Å². The van der Waals surface area contributed by atoms with Crippen LogP contribution >= 0.6 is 0 Å². The smallest absolute Gasteiger partial charge is 0.00901 e. The maximum atomic E-state index is 3.69. The number of hydrogen-bond donors (Lipinski definition) is 1. The van der Waals surface area contributed by atoms with Gasteiger partial charge < -0.3 is 5.32 Å². The monoisotopic (exact) mass is 211 g/mol. The molecule has 0 bridgehead atoms. The fraction of sp³-hybridized carbons (Fsp3) is 1.00. The van der Waals surface area contributed by atoms with E-state index in [9.17, 15) is 0 Å². The molecular formula is C14H29N. The zero-order valence-electron chi connectivity index (χ0n) is 10.9. The van der Waals surface area contributed by atoms with E-state index in [1.54, 1.807) is 0 Å². The Morgan fingerprint density at radius 2 is 1.87 bits per heavy atom. The average molecular weight is 211 g/mol. The maximum absolute atomic E-state index is 3.69. The van der Waals surface area contributed by atoms with Crippen molar-refractivity contribution in [1.82, 2.24) is 5.32 Å². The second kappa shape index (κ2) is 7.27. The molecule has 1 aliphatic carbocycles. The van der Waals surface area contributed by atoms with Gasteiger partial charge in [-0.15, -0.1) is 0 Å². The van der Waals surface area contributed by atoms with Crippen LogP contribution in [0.15, 0.2) is 0 Å². The van der Waals surface area contributed by atoms with E-state index in [2.05, 4.69) is 26.1 Å². The van der Waals surface area contributed by atoms with Crippen molar-refractivity contribution in [2.45, 2.75) is 71.8 Å². The lowest BCUT2D eigenvalue weighted by atomic mass is 9.88. The minimum absolute atomic E-state index is 0.755. The molecule has 0 spiro atoms. The molecular weight excluding hydrogens is 182 g/mol. The third-order valence-corrected chi connectivity index (χ3v) is 3.96. The quantitative estimate of drug-likeness (QED) is 0.671. The van der Waals surface area contributed by atoms with Gasteiger partial charge in [-0.05, 0) is 37.6 Å². The highest BCUT2D eigenvalue weighted by atomic mass is 14.9. The van der Waals surface area contributed by atoms with Crippen molar-refractivity contribution < 1.29 is 0 Å². The van der Waals surface area contributed by atoms with Gasteiger partial charge in [-0.3, -0.25) is 0 Å². The maximum Gasteiger partial charge on any atom is 0.00901 e. The van der Waals surface area contributed by atoms with E-state index in [4.69, 9.17) is 0 Å². The lowest BCUT2D eigenvalue weighted by molar-refractivity contribution is 0.300. The molecule has 1 nitrogen and oxygen atoms in total. The molecule has 1 saturated carbocycles. The topological polar surface area (TPSA) is 12.0 Å². The third-order valence-electron chi connectivity index (χ3n) is 3.96. The summed E-state index contributed by atoms with van der Waals surface area (Å²) in [6.07, 6.45) is 9.95. The van der Waals surface area contributed by atoms with E-state index in [0.717, 1.165) is 17.9 Å². The third kappa shape index (κ3) is 4.55. The first-order chi connectivity index (χ1) is 7.27. The molecule has 0 heterocycles. The van der Waals surface area contributed by atoms with Crippen LogP contribution in [0.3, 0.4) is 0 Å². The van der Waals surface area contributed by atoms with Gasteiger partial charge in [-0.25, -0.2) is 0 Å². The van der Waals surface area contributed by atoms with Crippen molar-refractivity contribution in [3.8, 4) is 0 Å². The van der Waals surface area contributed by atoms with E-state index >= 15 is 0 Å². The van der Waals surface area contributed by atoms with Gasteiger partial charge >= 0.3 is 0 Å². The second-order valence-electron chi connectivity index (χ2n) is 5.33. The summed E-state index contributed by atoms with van der Waals surface area (Å²) in [4.78, 5) is 0. The van der Waals surface area contributed by atoms with Gasteiger partial charge in [0.15, 0.2) is 0 Å². The van der Waals surface area contributed by atoms with E-state index in [0.29, 0.717) is 0 Å². The molecule has 0 saturated heterocycles. The predicted molar refractivity (Wildman–Crippen MR) is 68.1 cm³/mol. The molecule has 0 aromatic rings. The second-order valence-corrected chi connectivity index (χ2v) is 5.33. The normalized spacial score (nSPS) is 21.8. The Bertz CT molecular complexity index is 149. The minimum Gasteiger partial charge on any atom is -0.314 e. The zero-order valence-corrected chi connectivity index (χ0v) is 10.9. The van der Waals surface area contributed by atoms with Crippen molar-refractivity contribution in [2.24, 2.45) is 11.8 Å². The molecule has 0 radical (unpaired) electrons. The summed E-state index contributed by atoms with van der Waals surface area (Å²) in [7, 11) is 0. The van der Waals surface area contributed by atoms with Crippen molar-refractivity contribution >= 4 is 0 Å². The van der Waals surface area contributed by atoms with Gasteiger partial charge in [-0.2, -0.15) is 0 Å². The summed E-state index contributed by atoms with van der Waals surface area (Å²) in [5.41, 5.74) is 0. The minimum atomic E-state index is 0.755. The fourth-order valence-corrected chi connectivity index (χ4v) is 3.01. The SMILES string of the molecule is CCCNC(CC)C(C)CC1CCCC1. The van der Waals surface area contributed by atoms with Crippen LogP contribution in [0.2, 0.25) is 0 Å². The molecule has 1 fully saturated rings. The Kier molecular flexibility index (Phi) is 6.31. The Hall–Kier alpha value is -0.0400. The van der Waals surface area contributed by atoms with Crippen molar-refractivity contribution in [2.75, 3.05) is 6.54 Å². The highest BCUT2D eigenvalue weighted by Crippen LogP contribution is 2.31. The Balaban J connectivity index is 2.24. The Labute approximate surface area is 96.0 Å². The molecule has 0 aromatic carbocycles. The molecule has 0 amide bonds. The van der Waals surface area contributed by atoms with Crippen LogP contribution in [0, 0.1) is 11.8 Å². The average Bonchev–Trinajstić information content (AvgIpc) is 2.71. The Morgan fingerprint density at radius 1 is 1.20 bits per heavy atom. The van der Waals surface area contributed by atoms with Gasteiger partial charge in [0, 0.05) is 6.04 Å².